The van der Waals surface area contributed by atoms with Crippen molar-refractivity contribution >= 4 is 13.5 Å². The molecule has 1 N–H and O–H groups in total. The zero-order valence-corrected chi connectivity index (χ0v) is 5.10. The number of imidazole rings is 1. The average Bonchev–Trinajstić information content (AvgIpc) is 1.86. The number of aromatic nitrogens is 2. The van der Waals surface area contributed by atoms with E-state index in [1.165, 1.54) is 0 Å². The normalized spacial score (nSPS) is 7.57. The summed E-state index contributed by atoms with van der Waals surface area (Å²) in [6, 6.07) is 0. The van der Waals surface area contributed by atoms with Crippen molar-refractivity contribution in [3.8, 4) is 0 Å². The first-order chi connectivity index (χ1) is 2.89. The Hall–Kier alpha value is -0.440. The number of nitrogens with zero attached hydrogens (tertiary/aromatic N) is 1. The molecule has 0 atom stereocenters. The van der Waals surface area contributed by atoms with E-state index in [0.717, 1.165) is 5.82 Å². The summed E-state index contributed by atoms with van der Waals surface area (Å²) in [6.07, 6.45) is 3.53. The van der Waals surface area contributed by atoms with Gasteiger partial charge in [-0.25, -0.2) is 4.98 Å². The summed E-state index contributed by atoms with van der Waals surface area (Å²) in [7, 11) is 0. The summed E-state index contributed by atoms with van der Waals surface area (Å²) in [5, 5.41) is 0. The molecule has 40 valence electrons. The van der Waals surface area contributed by atoms with E-state index >= 15 is 0 Å². The Morgan fingerprint density at radius 1 is 1.71 bits per heavy atom. The lowest BCUT2D eigenvalue weighted by atomic mass is 10.8. The average molecular weight is 116 g/mol. The van der Waals surface area contributed by atoms with Crippen LogP contribution in [0.4, 0.5) is 0 Å². The summed E-state index contributed by atoms with van der Waals surface area (Å²) in [6.45, 7) is 1.92. The third-order valence-electron chi connectivity index (χ3n) is 0.635. The van der Waals surface area contributed by atoms with Gasteiger partial charge in [0.15, 0.2) is 0 Å². The summed E-state index contributed by atoms with van der Waals surface area (Å²) in [5.41, 5.74) is 0. The van der Waals surface area contributed by atoms with Gasteiger partial charge in [0.25, 0.3) is 0 Å². The van der Waals surface area contributed by atoms with Crippen LogP contribution in [0.25, 0.3) is 0 Å². The van der Waals surface area contributed by atoms with Crippen LogP contribution >= 0.6 is 13.5 Å². The molecule has 1 heterocycles. The Labute approximate surface area is 49.4 Å². The smallest absolute Gasteiger partial charge is 0.102 e. The number of hydrogen-bond donors (Lipinski definition) is 1. The van der Waals surface area contributed by atoms with Crippen molar-refractivity contribution in [1.82, 2.24) is 9.97 Å². The van der Waals surface area contributed by atoms with Crippen LogP contribution in [0.2, 0.25) is 0 Å². The van der Waals surface area contributed by atoms with E-state index in [1.54, 1.807) is 12.4 Å². The van der Waals surface area contributed by atoms with E-state index in [-0.39, 0.29) is 13.5 Å². The minimum absolute atomic E-state index is 0. The Bertz CT molecular complexity index is 113. The lowest BCUT2D eigenvalue weighted by molar-refractivity contribution is 1.15. The van der Waals surface area contributed by atoms with Crippen LogP contribution in [0.3, 0.4) is 0 Å². The molecule has 0 fully saturated rings. The largest absolute Gasteiger partial charge is 0.349 e. The number of hydrogen-bond acceptors (Lipinski definition) is 1. The van der Waals surface area contributed by atoms with Crippen molar-refractivity contribution < 1.29 is 0 Å². The number of rotatable bonds is 0. The van der Waals surface area contributed by atoms with Crippen LogP contribution in [-0.4, -0.2) is 9.97 Å². The molecule has 3 heteroatoms. The second-order valence-electron chi connectivity index (χ2n) is 1.17. The van der Waals surface area contributed by atoms with Gasteiger partial charge in [-0.2, -0.15) is 13.5 Å². The third-order valence-corrected chi connectivity index (χ3v) is 0.635. The van der Waals surface area contributed by atoms with Crippen molar-refractivity contribution in [2.24, 2.45) is 0 Å². The topological polar surface area (TPSA) is 28.7 Å². The molecule has 0 amide bonds. The lowest BCUT2D eigenvalue weighted by Gasteiger charge is -1.68. The van der Waals surface area contributed by atoms with Crippen LogP contribution in [-0.2, 0) is 0 Å². The maximum atomic E-state index is 3.86. The van der Waals surface area contributed by atoms with Gasteiger partial charge in [0, 0.05) is 12.4 Å². The third kappa shape index (κ3) is 1.64. The highest BCUT2D eigenvalue weighted by Crippen LogP contribution is 1.78. The van der Waals surface area contributed by atoms with Gasteiger partial charge in [-0.3, -0.25) is 0 Å². The van der Waals surface area contributed by atoms with Crippen molar-refractivity contribution in [2.75, 3.05) is 0 Å². The van der Waals surface area contributed by atoms with Gasteiger partial charge in [0.2, 0.25) is 0 Å². The molecule has 0 unspecified atom stereocenters. The summed E-state index contributed by atoms with van der Waals surface area (Å²) in [4.78, 5) is 6.75. The summed E-state index contributed by atoms with van der Waals surface area (Å²) >= 11 is 0. The zero-order valence-electron chi connectivity index (χ0n) is 4.10. The zero-order chi connectivity index (χ0) is 4.41. The minimum Gasteiger partial charge on any atom is -0.349 e. The number of aryl methyl sites for hydroxylation is 1. The highest BCUT2D eigenvalue weighted by atomic mass is 32.1. The molecule has 0 aromatic carbocycles. The van der Waals surface area contributed by atoms with Crippen molar-refractivity contribution in [3.63, 3.8) is 0 Å². The van der Waals surface area contributed by atoms with Gasteiger partial charge >= 0.3 is 0 Å². The van der Waals surface area contributed by atoms with Gasteiger partial charge in [-0.15, -0.1) is 0 Å². The number of H-pyrrole nitrogens is 1. The Balaban J connectivity index is 0.000000360. The number of aromatic amines is 1. The SMILES string of the molecule is Cc1ncc[nH]1.S. The molecule has 1 rings (SSSR count). The quantitative estimate of drug-likeness (QED) is 0.534. The first kappa shape index (κ1) is 6.56. The molecule has 0 radical (unpaired) electrons. The van der Waals surface area contributed by atoms with E-state index in [4.69, 9.17) is 0 Å². The predicted octanol–water partition coefficient (Wildman–Crippen LogP) is 0.831. The second kappa shape index (κ2) is 2.69. The Morgan fingerprint density at radius 3 is 2.57 bits per heavy atom. The predicted molar refractivity (Wildman–Crippen MR) is 33.7 cm³/mol. The fourth-order valence-corrected chi connectivity index (χ4v) is 0.344. The fourth-order valence-electron chi connectivity index (χ4n) is 0.344. The molecular weight excluding hydrogens is 108 g/mol. The van der Waals surface area contributed by atoms with Crippen molar-refractivity contribution in [3.05, 3.63) is 18.2 Å². The summed E-state index contributed by atoms with van der Waals surface area (Å²) in [5.74, 6) is 0.968. The first-order valence-corrected chi connectivity index (χ1v) is 1.85. The van der Waals surface area contributed by atoms with Gasteiger partial charge in [-0.05, 0) is 6.92 Å². The standard InChI is InChI=1S/C4H6N2.H2S/c1-4-5-2-3-6-4;/h2-3H,1H3,(H,5,6);1H2. The Morgan fingerprint density at radius 2 is 2.43 bits per heavy atom. The second-order valence-corrected chi connectivity index (χ2v) is 1.17. The fraction of sp³-hybridized carbons (Fsp3) is 0.250. The Kier molecular flexibility index (Phi) is 2.52. The summed E-state index contributed by atoms with van der Waals surface area (Å²) < 4.78 is 0. The molecule has 0 aliphatic carbocycles. The van der Waals surface area contributed by atoms with Crippen LogP contribution in [0.15, 0.2) is 12.4 Å². The van der Waals surface area contributed by atoms with Gasteiger partial charge < -0.3 is 4.98 Å². The molecule has 0 aliphatic heterocycles. The van der Waals surface area contributed by atoms with E-state index in [2.05, 4.69) is 9.97 Å². The number of nitrogens with one attached hydrogen (secondary N) is 1. The minimum atomic E-state index is 0. The van der Waals surface area contributed by atoms with Gasteiger partial charge in [0.1, 0.15) is 5.82 Å². The van der Waals surface area contributed by atoms with Crippen LogP contribution in [0, 0.1) is 6.92 Å². The highest BCUT2D eigenvalue weighted by molar-refractivity contribution is 7.59. The van der Waals surface area contributed by atoms with Crippen molar-refractivity contribution in [2.45, 2.75) is 6.92 Å². The highest BCUT2D eigenvalue weighted by Gasteiger charge is 1.73. The molecule has 1 aromatic heterocycles. The molecule has 0 spiro atoms. The first-order valence-electron chi connectivity index (χ1n) is 1.85. The van der Waals surface area contributed by atoms with E-state index in [0.29, 0.717) is 0 Å². The van der Waals surface area contributed by atoms with E-state index in [9.17, 15) is 0 Å². The molecule has 0 aliphatic rings. The van der Waals surface area contributed by atoms with Gasteiger partial charge in [0.05, 0.1) is 0 Å². The molecule has 0 bridgehead atoms. The molecule has 0 saturated carbocycles. The molecule has 2 nitrogen and oxygen atoms in total. The molecule has 7 heavy (non-hydrogen) atoms. The van der Waals surface area contributed by atoms with Crippen LogP contribution in [0.5, 0.6) is 0 Å². The lowest BCUT2D eigenvalue weighted by Crippen LogP contribution is -1.66. The van der Waals surface area contributed by atoms with E-state index < -0.39 is 0 Å². The maximum absolute atomic E-state index is 3.86. The van der Waals surface area contributed by atoms with Gasteiger partial charge in [-0.1, -0.05) is 0 Å². The monoisotopic (exact) mass is 116 g/mol. The van der Waals surface area contributed by atoms with Crippen molar-refractivity contribution in [1.29, 1.82) is 0 Å². The molecular formula is C4H8N2S. The molecule has 0 saturated heterocycles. The maximum Gasteiger partial charge on any atom is 0.102 e. The van der Waals surface area contributed by atoms with Crippen LogP contribution in [0.1, 0.15) is 5.82 Å². The van der Waals surface area contributed by atoms with Crippen LogP contribution < -0.4 is 0 Å². The molecule has 1 aromatic rings. The van der Waals surface area contributed by atoms with E-state index in [1.807, 2.05) is 6.92 Å².